The monoisotopic (exact) mass is 1120 g/mol. The van der Waals surface area contributed by atoms with Crippen LogP contribution in [0.25, 0.3) is 11.3 Å². The summed E-state index contributed by atoms with van der Waals surface area (Å²) in [6.07, 6.45) is 5.24. The minimum atomic E-state index is -1.20. The van der Waals surface area contributed by atoms with E-state index in [0.29, 0.717) is 22.9 Å². The molecule has 432 valence electrons. The number of carbonyl (C=O) groups is 5. The third-order valence-corrected chi connectivity index (χ3v) is 14.8. The number of likely N-dealkylation sites (N-methyl/N-ethyl adjacent to an activating group) is 2. The number of carbonyl (C=O) groups excluding carboxylic acids is 5. The maximum Gasteiger partial charge on any atom is 0.307 e. The van der Waals surface area contributed by atoms with Crippen LogP contribution >= 0.6 is 11.6 Å². The second kappa shape index (κ2) is 30.2. The summed E-state index contributed by atoms with van der Waals surface area (Å²) in [4.78, 5) is 79.7. The van der Waals surface area contributed by atoms with Crippen molar-refractivity contribution in [3.05, 3.63) is 136 Å². The number of ether oxygens (including phenoxy) is 3. The number of hydrogen-bond acceptors (Lipinski definition) is 11. The summed E-state index contributed by atoms with van der Waals surface area (Å²) in [5.74, 6) is -0.755. The van der Waals surface area contributed by atoms with E-state index in [4.69, 9.17) is 30.8 Å². The van der Waals surface area contributed by atoms with Gasteiger partial charge in [-0.2, -0.15) is 0 Å². The van der Waals surface area contributed by atoms with E-state index in [0.717, 1.165) is 65.4 Å². The van der Waals surface area contributed by atoms with E-state index in [1.54, 1.807) is 53.9 Å². The Morgan fingerprint density at radius 2 is 1.51 bits per heavy atom. The van der Waals surface area contributed by atoms with E-state index in [1.807, 2.05) is 98.2 Å². The molecule has 1 saturated heterocycles. The van der Waals surface area contributed by atoms with Crippen LogP contribution in [-0.2, 0) is 72.8 Å². The van der Waals surface area contributed by atoms with Crippen LogP contribution in [0.3, 0.4) is 0 Å². The number of amides is 4. The van der Waals surface area contributed by atoms with Gasteiger partial charge in [0.1, 0.15) is 29.0 Å². The van der Waals surface area contributed by atoms with Crippen molar-refractivity contribution in [1.82, 2.24) is 40.2 Å². The molecule has 0 bridgehead atoms. The first kappa shape index (κ1) is 62.5. The maximum atomic E-state index is 14.5. The van der Waals surface area contributed by atoms with Gasteiger partial charge in [0.25, 0.3) is 0 Å². The molecule has 80 heavy (non-hydrogen) atoms. The highest BCUT2D eigenvalue weighted by Gasteiger charge is 2.33. The second-order valence-corrected chi connectivity index (χ2v) is 22.3. The van der Waals surface area contributed by atoms with Crippen molar-refractivity contribution in [3.8, 4) is 22.8 Å². The summed E-state index contributed by atoms with van der Waals surface area (Å²) in [7, 11) is 6.66. The van der Waals surface area contributed by atoms with Crippen molar-refractivity contribution in [1.29, 1.82) is 0 Å². The molecule has 1 aliphatic rings. The van der Waals surface area contributed by atoms with E-state index in [-0.39, 0.29) is 57.2 Å². The zero-order chi connectivity index (χ0) is 57.9. The van der Waals surface area contributed by atoms with Crippen LogP contribution < -0.4 is 20.7 Å². The molecule has 4 aromatic carbocycles. The lowest BCUT2D eigenvalue weighted by atomic mass is 9.94. The summed E-state index contributed by atoms with van der Waals surface area (Å²) in [5, 5.41) is 9.50. The number of rotatable bonds is 29. The lowest BCUT2D eigenvalue weighted by Gasteiger charge is -2.32. The number of benzene rings is 4. The van der Waals surface area contributed by atoms with Gasteiger partial charge in [-0.25, -0.2) is 4.98 Å². The van der Waals surface area contributed by atoms with Gasteiger partial charge in [0, 0.05) is 76.0 Å². The van der Waals surface area contributed by atoms with Crippen LogP contribution in [0.5, 0.6) is 11.5 Å². The van der Waals surface area contributed by atoms with Gasteiger partial charge in [-0.15, -0.1) is 0 Å². The minimum absolute atomic E-state index is 0.0816. The number of nitrogens with one attached hydrogen (secondary N) is 3. The molecule has 18 heteroatoms. The van der Waals surface area contributed by atoms with Crippen molar-refractivity contribution in [2.75, 3.05) is 54.1 Å². The van der Waals surface area contributed by atoms with Gasteiger partial charge < -0.3 is 44.5 Å². The van der Waals surface area contributed by atoms with Crippen LogP contribution in [-0.4, -0.2) is 138 Å². The minimum Gasteiger partial charge on any atom is -0.460 e. The quantitative estimate of drug-likeness (QED) is 0.0391. The number of halogens is 2. The lowest BCUT2D eigenvalue weighted by Crippen LogP contribution is -2.56. The molecular formula is C62H82ClFN8O8. The topological polar surface area (TPSA) is 177 Å². The van der Waals surface area contributed by atoms with E-state index >= 15 is 0 Å². The zero-order valence-electron chi connectivity index (χ0n) is 48.1. The van der Waals surface area contributed by atoms with Crippen LogP contribution in [0, 0.1) is 5.92 Å². The summed E-state index contributed by atoms with van der Waals surface area (Å²) in [6, 6.07) is 26.8. The number of aryl methyl sites for hydroxylation is 1. The summed E-state index contributed by atoms with van der Waals surface area (Å²) >= 11 is 6.23. The van der Waals surface area contributed by atoms with Crippen LogP contribution in [0.2, 0.25) is 5.02 Å². The highest BCUT2D eigenvalue weighted by molar-refractivity contribution is 6.30. The molecule has 4 amide bonds. The van der Waals surface area contributed by atoms with Gasteiger partial charge in [0.2, 0.25) is 23.6 Å². The standard InChI is InChI=1S/C62H82ClFN8O8/c1-10-43-18-21-47(55(34-43)79-51-26-22-46(23-27-51)54-39-66-56(71(54)8)40-72-30-14-15-31-72)38-65-52(28-29-64)59(75)68-53(41-78-9)61(77)70(7)50(33-45-19-24-49(63)25-20-45)36-57(73)67-37-42(2)69(6)60(76)48(32-44-16-12-11-13-17-44)35-58(74)80-62(3,4)5/h11-13,16-27,34,39,42,48,50,52-53,65H,10,14-15,28-33,35-38,40-41H2,1-9H3,(H,67,73)(H,68,75)/t42-,48+,50-,52-,53-/m0/s1. The fourth-order valence-corrected chi connectivity index (χ4v) is 9.88. The Hall–Kier alpha value is -6.66. The molecule has 0 spiro atoms. The molecule has 16 nitrogen and oxygen atoms in total. The molecule has 0 unspecified atom stereocenters. The number of aromatic nitrogens is 2. The smallest absolute Gasteiger partial charge is 0.307 e. The molecule has 0 aliphatic carbocycles. The largest absolute Gasteiger partial charge is 0.460 e. The number of imidazole rings is 1. The Balaban J connectivity index is 1.10. The van der Waals surface area contributed by atoms with Crippen molar-refractivity contribution in [2.24, 2.45) is 13.0 Å². The first-order valence-electron chi connectivity index (χ1n) is 27.8. The molecule has 1 aromatic heterocycles. The van der Waals surface area contributed by atoms with Crippen molar-refractivity contribution < 1.29 is 42.6 Å². The zero-order valence-corrected chi connectivity index (χ0v) is 48.8. The number of nitrogens with zero attached hydrogens (tertiary/aromatic N) is 5. The van der Waals surface area contributed by atoms with Gasteiger partial charge in [0.05, 0.1) is 50.1 Å². The summed E-state index contributed by atoms with van der Waals surface area (Å²) in [5.41, 5.74) is 4.78. The molecular weight excluding hydrogens is 1040 g/mol. The van der Waals surface area contributed by atoms with Gasteiger partial charge >= 0.3 is 5.97 Å². The normalized spacial score (nSPS) is 14.6. The Kier molecular flexibility index (Phi) is 23.6. The SMILES string of the molecule is CCc1ccc(CN[C@@H](CCF)C(=O)N[C@@H](COC)C(=O)N(C)[C@H](CC(=O)NC[C@H](C)N(C)C(=O)[C@@H](CC(=O)OC(C)(C)C)Cc2ccccc2)Cc2ccc(Cl)cc2)c(Oc2ccc(-c3cnc(CN4CCCC4)n3C)cc2)c1. The maximum absolute atomic E-state index is 14.5. The fraction of sp³-hybridized carbons (Fsp3) is 0.484. The van der Waals surface area contributed by atoms with E-state index in [2.05, 4.69) is 32.3 Å². The molecule has 6 rings (SSSR count). The summed E-state index contributed by atoms with van der Waals surface area (Å²) < 4.78 is 34.0. The van der Waals surface area contributed by atoms with E-state index in [9.17, 15) is 28.4 Å². The van der Waals surface area contributed by atoms with Gasteiger partial charge in [-0.3, -0.25) is 33.3 Å². The fourth-order valence-electron chi connectivity index (χ4n) is 9.75. The van der Waals surface area contributed by atoms with Gasteiger partial charge in [-0.05, 0) is 138 Å². The molecule has 5 aromatic rings. The molecule has 3 N–H and O–H groups in total. The number of methoxy groups -OCH3 is 1. The second-order valence-electron chi connectivity index (χ2n) is 21.9. The van der Waals surface area contributed by atoms with Gasteiger partial charge in [-0.1, -0.05) is 73.1 Å². The summed E-state index contributed by atoms with van der Waals surface area (Å²) in [6.45, 7) is 11.4. The average molecular weight is 1120 g/mol. The van der Waals surface area contributed by atoms with E-state index in [1.165, 1.54) is 29.8 Å². The van der Waals surface area contributed by atoms with Crippen LogP contribution in [0.15, 0.2) is 103 Å². The third kappa shape index (κ3) is 18.7. The van der Waals surface area contributed by atoms with E-state index < -0.39 is 60.1 Å². The highest BCUT2D eigenvalue weighted by Crippen LogP contribution is 2.30. The molecule has 1 aliphatic heterocycles. The van der Waals surface area contributed by atoms with Crippen molar-refractivity contribution >= 4 is 41.2 Å². The van der Waals surface area contributed by atoms with Gasteiger partial charge in [0.15, 0.2) is 0 Å². The first-order valence-corrected chi connectivity index (χ1v) is 28.1. The van der Waals surface area contributed by atoms with Crippen LogP contribution in [0.4, 0.5) is 4.39 Å². The molecule has 5 atom stereocenters. The predicted molar refractivity (Wildman–Crippen MR) is 310 cm³/mol. The Bertz CT molecular complexity index is 2800. The highest BCUT2D eigenvalue weighted by atomic mass is 35.5. The predicted octanol–water partition coefficient (Wildman–Crippen LogP) is 8.65. The molecule has 0 radical (unpaired) electrons. The molecule has 0 saturated carbocycles. The number of alkyl halides is 1. The van der Waals surface area contributed by atoms with Crippen molar-refractivity contribution in [3.63, 3.8) is 0 Å². The third-order valence-electron chi connectivity index (χ3n) is 14.6. The number of esters is 1. The Morgan fingerprint density at radius 3 is 2.16 bits per heavy atom. The first-order chi connectivity index (χ1) is 38.2. The van der Waals surface area contributed by atoms with Crippen molar-refractivity contribution in [2.45, 2.75) is 129 Å². The average Bonchev–Trinajstić information content (AvgIpc) is 4.10. The molecule has 2 heterocycles. The number of hydrogen-bond donors (Lipinski definition) is 3. The lowest BCUT2D eigenvalue weighted by molar-refractivity contribution is -0.158. The van der Waals surface area contributed by atoms with Crippen LogP contribution in [0.1, 0.15) is 94.8 Å². The number of likely N-dealkylation sites (tertiary alicyclic amines) is 1. The Morgan fingerprint density at radius 1 is 0.838 bits per heavy atom. The molecule has 1 fully saturated rings. The Labute approximate surface area is 477 Å².